The number of fused-ring (bicyclic) bond motifs is 1. The second-order valence-corrected chi connectivity index (χ2v) is 7.77. The van der Waals surface area contributed by atoms with Gasteiger partial charge in [-0.25, -0.2) is 4.98 Å². The third-order valence-electron chi connectivity index (χ3n) is 5.92. The molecule has 1 N–H and O–H groups in total. The second kappa shape index (κ2) is 8.24. The molecule has 1 aromatic carbocycles. The fourth-order valence-electron chi connectivity index (χ4n) is 4.29. The Morgan fingerprint density at radius 3 is 2.59 bits per heavy atom. The topological polar surface area (TPSA) is 40.8 Å². The van der Waals surface area contributed by atoms with Gasteiger partial charge in [0.05, 0.1) is 17.3 Å². The van der Waals surface area contributed by atoms with Gasteiger partial charge in [0.1, 0.15) is 5.82 Å². The fourth-order valence-corrected chi connectivity index (χ4v) is 4.29. The van der Waals surface area contributed by atoms with E-state index >= 15 is 0 Å². The highest BCUT2D eigenvalue weighted by Gasteiger charge is 2.25. The van der Waals surface area contributed by atoms with Gasteiger partial charge in [0.15, 0.2) is 0 Å². The SMILES string of the molecule is Cc1nc(CN2CCC([C@@H](O)CCc3ccccc3)CC2)c2ccccn12. The maximum atomic E-state index is 10.6. The molecule has 1 fully saturated rings. The Bertz CT molecular complexity index is 866. The Labute approximate surface area is 161 Å². The Balaban J connectivity index is 1.29. The van der Waals surface area contributed by atoms with Crippen LogP contribution in [0.1, 0.15) is 36.3 Å². The molecule has 0 saturated carbocycles. The molecule has 1 saturated heterocycles. The molecule has 3 heterocycles. The van der Waals surface area contributed by atoms with Crippen LogP contribution in [0.5, 0.6) is 0 Å². The van der Waals surface area contributed by atoms with Crippen molar-refractivity contribution in [2.75, 3.05) is 13.1 Å². The van der Waals surface area contributed by atoms with E-state index in [0.29, 0.717) is 5.92 Å². The summed E-state index contributed by atoms with van der Waals surface area (Å²) in [5.74, 6) is 1.47. The van der Waals surface area contributed by atoms with Crippen LogP contribution >= 0.6 is 0 Å². The van der Waals surface area contributed by atoms with E-state index in [-0.39, 0.29) is 6.10 Å². The van der Waals surface area contributed by atoms with E-state index in [1.54, 1.807) is 0 Å². The van der Waals surface area contributed by atoms with E-state index in [1.165, 1.54) is 11.1 Å². The van der Waals surface area contributed by atoms with Crippen LogP contribution in [-0.2, 0) is 13.0 Å². The third-order valence-corrected chi connectivity index (χ3v) is 5.92. The number of aryl methyl sites for hydroxylation is 2. The lowest BCUT2D eigenvalue weighted by molar-refractivity contribution is 0.0517. The normalized spacial score (nSPS) is 17.4. The Hall–Kier alpha value is -2.17. The highest BCUT2D eigenvalue weighted by Crippen LogP contribution is 2.25. The van der Waals surface area contributed by atoms with E-state index in [1.807, 2.05) is 12.1 Å². The molecule has 1 atom stereocenters. The van der Waals surface area contributed by atoms with Crippen LogP contribution in [0.25, 0.3) is 5.52 Å². The number of hydrogen-bond donors (Lipinski definition) is 1. The van der Waals surface area contributed by atoms with Crippen LogP contribution in [0.2, 0.25) is 0 Å². The van der Waals surface area contributed by atoms with Gasteiger partial charge in [-0.2, -0.15) is 0 Å². The van der Waals surface area contributed by atoms with Crippen LogP contribution in [0.3, 0.4) is 0 Å². The Morgan fingerprint density at radius 1 is 1.07 bits per heavy atom. The number of pyridine rings is 1. The average molecular weight is 364 g/mol. The first-order valence-corrected chi connectivity index (χ1v) is 10.1. The molecule has 4 rings (SSSR count). The first-order valence-electron chi connectivity index (χ1n) is 10.1. The fraction of sp³-hybridized carbons (Fsp3) is 0.435. The van der Waals surface area contributed by atoms with Crippen molar-refractivity contribution >= 4 is 5.52 Å². The summed E-state index contributed by atoms with van der Waals surface area (Å²) in [6, 6.07) is 16.8. The van der Waals surface area contributed by atoms with Crippen molar-refractivity contribution in [3.05, 3.63) is 71.8 Å². The Kier molecular flexibility index (Phi) is 5.55. The number of hydrogen-bond acceptors (Lipinski definition) is 3. The quantitative estimate of drug-likeness (QED) is 0.723. The van der Waals surface area contributed by atoms with Crippen molar-refractivity contribution < 1.29 is 5.11 Å². The molecule has 0 aliphatic carbocycles. The maximum absolute atomic E-state index is 10.6. The summed E-state index contributed by atoms with van der Waals surface area (Å²) >= 11 is 0. The zero-order valence-electron chi connectivity index (χ0n) is 16.1. The van der Waals surface area contributed by atoms with E-state index < -0.39 is 0 Å². The van der Waals surface area contributed by atoms with Crippen LogP contribution < -0.4 is 0 Å². The number of nitrogens with zero attached hydrogens (tertiary/aromatic N) is 3. The average Bonchev–Trinajstić information content (AvgIpc) is 3.03. The number of rotatable bonds is 6. The van der Waals surface area contributed by atoms with Gasteiger partial charge in [-0.15, -0.1) is 0 Å². The van der Waals surface area contributed by atoms with Crippen molar-refractivity contribution in [2.45, 2.75) is 45.3 Å². The lowest BCUT2D eigenvalue weighted by atomic mass is 9.88. The summed E-state index contributed by atoms with van der Waals surface area (Å²) in [5, 5.41) is 10.6. The van der Waals surface area contributed by atoms with Gasteiger partial charge in [-0.05, 0) is 69.3 Å². The summed E-state index contributed by atoms with van der Waals surface area (Å²) < 4.78 is 2.16. The second-order valence-electron chi connectivity index (χ2n) is 7.77. The van der Waals surface area contributed by atoms with Gasteiger partial charge < -0.3 is 9.51 Å². The van der Waals surface area contributed by atoms with Gasteiger partial charge in [0.2, 0.25) is 0 Å². The molecule has 0 spiro atoms. The zero-order chi connectivity index (χ0) is 18.6. The van der Waals surface area contributed by atoms with Crippen molar-refractivity contribution in [3.8, 4) is 0 Å². The third kappa shape index (κ3) is 4.23. The van der Waals surface area contributed by atoms with E-state index in [0.717, 1.165) is 56.8 Å². The minimum Gasteiger partial charge on any atom is -0.393 e. The molecule has 4 heteroatoms. The summed E-state index contributed by atoms with van der Waals surface area (Å²) in [5.41, 5.74) is 3.69. The van der Waals surface area contributed by atoms with E-state index in [9.17, 15) is 5.11 Å². The molecule has 4 nitrogen and oxygen atoms in total. The van der Waals surface area contributed by atoms with Crippen molar-refractivity contribution in [3.63, 3.8) is 0 Å². The minimum absolute atomic E-state index is 0.192. The summed E-state index contributed by atoms with van der Waals surface area (Å²) in [6.07, 6.45) is 5.85. The lowest BCUT2D eigenvalue weighted by Gasteiger charge is -2.34. The highest BCUT2D eigenvalue weighted by atomic mass is 16.3. The summed E-state index contributed by atoms with van der Waals surface area (Å²) in [4.78, 5) is 7.25. The summed E-state index contributed by atoms with van der Waals surface area (Å²) in [6.45, 7) is 5.04. The molecule has 3 aromatic rings. The number of likely N-dealkylation sites (tertiary alicyclic amines) is 1. The van der Waals surface area contributed by atoms with Crippen molar-refractivity contribution in [1.82, 2.24) is 14.3 Å². The molecule has 2 aromatic heterocycles. The van der Waals surface area contributed by atoms with Gasteiger partial charge >= 0.3 is 0 Å². The van der Waals surface area contributed by atoms with Gasteiger partial charge in [0.25, 0.3) is 0 Å². The number of aromatic nitrogens is 2. The van der Waals surface area contributed by atoms with E-state index in [4.69, 9.17) is 4.98 Å². The maximum Gasteiger partial charge on any atom is 0.110 e. The molecule has 1 aliphatic heterocycles. The minimum atomic E-state index is -0.192. The number of piperidine rings is 1. The van der Waals surface area contributed by atoms with Gasteiger partial charge in [-0.3, -0.25) is 4.90 Å². The number of imidazole rings is 1. The standard InChI is InChI=1S/C23H29N3O/c1-18-24-21(22-9-5-6-14-26(18)22)17-25-15-12-20(13-16-25)23(27)11-10-19-7-3-2-4-8-19/h2-9,14,20,23,27H,10-13,15-17H2,1H3/t23-/m0/s1. The molecular weight excluding hydrogens is 334 g/mol. The molecule has 0 radical (unpaired) electrons. The first-order chi connectivity index (χ1) is 13.2. The molecule has 27 heavy (non-hydrogen) atoms. The van der Waals surface area contributed by atoms with Crippen LogP contribution in [-0.4, -0.2) is 38.6 Å². The van der Waals surface area contributed by atoms with Crippen molar-refractivity contribution in [2.24, 2.45) is 5.92 Å². The molecular formula is C23H29N3O. The van der Waals surface area contributed by atoms with E-state index in [2.05, 4.69) is 58.8 Å². The predicted octanol–water partition coefficient (Wildman–Crippen LogP) is 3.85. The number of aliphatic hydroxyl groups is 1. The molecule has 142 valence electrons. The van der Waals surface area contributed by atoms with Gasteiger partial charge in [-0.1, -0.05) is 36.4 Å². The molecule has 0 bridgehead atoms. The molecule has 1 aliphatic rings. The first kappa shape index (κ1) is 18.2. The molecule has 0 amide bonds. The highest BCUT2D eigenvalue weighted by molar-refractivity contribution is 5.53. The van der Waals surface area contributed by atoms with Crippen LogP contribution in [0, 0.1) is 12.8 Å². The number of benzene rings is 1. The van der Waals surface area contributed by atoms with Gasteiger partial charge in [0, 0.05) is 12.7 Å². The molecule has 0 unspecified atom stereocenters. The monoisotopic (exact) mass is 363 g/mol. The summed E-state index contributed by atoms with van der Waals surface area (Å²) in [7, 11) is 0. The Morgan fingerprint density at radius 2 is 1.81 bits per heavy atom. The van der Waals surface area contributed by atoms with Crippen molar-refractivity contribution in [1.29, 1.82) is 0 Å². The van der Waals surface area contributed by atoms with Crippen LogP contribution in [0.4, 0.5) is 0 Å². The number of aliphatic hydroxyl groups excluding tert-OH is 1. The smallest absolute Gasteiger partial charge is 0.110 e. The zero-order valence-corrected chi connectivity index (χ0v) is 16.1. The largest absolute Gasteiger partial charge is 0.393 e. The van der Waals surface area contributed by atoms with Crippen LogP contribution in [0.15, 0.2) is 54.7 Å². The lowest BCUT2D eigenvalue weighted by Crippen LogP contribution is -2.37. The predicted molar refractivity (Wildman–Crippen MR) is 109 cm³/mol.